The van der Waals surface area contributed by atoms with Crippen molar-refractivity contribution in [1.82, 2.24) is 5.17 Å². The lowest BCUT2D eigenvalue weighted by Crippen LogP contribution is -2.19. The smallest absolute Gasteiger partial charge is 0.191 e. The summed E-state index contributed by atoms with van der Waals surface area (Å²) < 4.78 is 0. The van der Waals surface area contributed by atoms with E-state index in [1.807, 2.05) is 0 Å². The van der Waals surface area contributed by atoms with Crippen molar-refractivity contribution in [2.75, 3.05) is 0 Å². The molecule has 43 valence electrons. The minimum absolute atomic E-state index is 0.514. The lowest BCUT2D eigenvalue weighted by molar-refractivity contribution is -0.708. The molecule has 0 unspecified atom stereocenters. The topological polar surface area (TPSA) is 55.6 Å². The highest BCUT2D eigenvalue weighted by Crippen LogP contribution is 2.02. The maximum absolute atomic E-state index is 9.74. The predicted octanol–water partition coefficient (Wildman–Crippen LogP) is 0.101. The first-order valence-electron chi connectivity index (χ1n) is 1.91. The Morgan fingerprint density at radius 2 is 2.50 bits per heavy atom. The van der Waals surface area contributed by atoms with Gasteiger partial charge in [0, 0.05) is 5.17 Å². The van der Waals surface area contributed by atoms with Gasteiger partial charge in [0.25, 0.3) is 0 Å². The molecule has 0 aromatic rings. The Hall–Kier alpha value is -1.10. The Morgan fingerprint density at radius 3 is 2.75 bits per heavy atom. The van der Waals surface area contributed by atoms with E-state index >= 15 is 0 Å². The average Bonchev–Trinajstić information content (AvgIpc) is 2.12. The molecule has 1 rings (SSSR count). The van der Waals surface area contributed by atoms with Crippen LogP contribution < -0.4 is 0 Å². The van der Waals surface area contributed by atoms with Crippen LogP contribution in [0.3, 0.4) is 0 Å². The van der Waals surface area contributed by atoms with Crippen LogP contribution in [-0.2, 0) is 4.84 Å². The summed E-state index contributed by atoms with van der Waals surface area (Å²) in [5.41, 5.74) is 0. The molecule has 1 heterocycles. The van der Waals surface area contributed by atoms with Crippen LogP contribution in [0.5, 0.6) is 0 Å². The molecule has 0 aromatic heterocycles. The van der Waals surface area contributed by atoms with Gasteiger partial charge in [-0.15, -0.1) is 0 Å². The summed E-state index contributed by atoms with van der Waals surface area (Å²) in [4.78, 5) is 14.0. The largest absolute Gasteiger partial charge is 0.232 e. The SMILES string of the molecule is O=[N+]([O-])N1C=C[CH]O1. The molecule has 0 aromatic carbocycles. The fraction of sp³-hybridized carbons (Fsp3) is 0. The molecule has 8 heavy (non-hydrogen) atoms. The molecule has 1 radical (unpaired) electrons. The normalized spacial score (nSPS) is 17.2. The van der Waals surface area contributed by atoms with Gasteiger partial charge in [0.05, 0.1) is 0 Å². The van der Waals surface area contributed by atoms with Crippen LogP contribution in [0.4, 0.5) is 0 Å². The summed E-state index contributed by atoms with van der Waals surface area (Å²) in [6, 6.07) is 0. The van der Waals surface area contributed by atoms with Gasteiger partial charge in [-0.05, 0) is 6.08 Å². The molecule has 0 saturated heterocycles. The van der Waals surface area contributed by atoms with Crippen LogP contribution in [-0.4, -0.2) is 10.2 Å². The minimum atomic E-state index is -0.667. The molecule has 0 saturated carbocycles. The molecule has 0 spiro atoms. The van der Waals surface area contributed by atoms with Gasteiger partial charge in [0.15, 0.2) is 5.03 Å². The van der Waals surface area contributed by atoms with E-state index in [0.29, 0.717) is 5.17 Å². The van der Waals surface area contributed by atoms with E-state index in [2.05, 4.69) is 4.84 Å². The van der Waals surface area contributed by atoms with Gasteiger partial charge in [-0.3, -0.25) is 0 Å². The van der Waals surface area contributed by atoms with Crippen molar-refractivity contribution < 1.29 is 9.87 Å². The van der Waals surface area contributed by atoms with Gasteiger partial charge in [-0.25, -0.2) is 15.0 Å². The summed E-state index contributed by atoms with van der Waals surface area (Å²) in [6.07, 6.45) is 2.64. The van der Waals surface area contributed by atoms with E-state index in [-0.39, 0.29) is 0 Å². The van der Waals surface area contributed by atoms with Crippen molar-refractivity contribution in [3.05, 3.63) is 29.0 Å². The van der Waals surface area contributed by atoms with Gasteiger partial charge in [-0.1, -0.05) is 0 Å². The van der Waals surface area contributed by atoms with E-state index in [1.165, 1.54) is 18.9 Å². The molecule has 1 aliphatic rings. The maximum Gasteiger partial charge on any atom is 0.191 e. The van der Waals surface area contributed by atoms with Crippen LogP contribution >= 0.6 is 0 Å². The van der Waals surface area contributed by atoms with E-state index in [0.717, 1.165) is 0 Å². The van der Waals surface area contributed by atoms with Crippen molar-refractivity contribution >= 4 is 0 Å². The predicted molar refractivity (Wildman–Crippen MR) is 23.4 cm³/mol. The zero-order chi connectivity index (χ0) is 5.98. The second-order valence-corrected chi connectivity index (χ2v) is 1.12. The second kappa shape index (κ2) is 1.79. The standard InChI is InChI=1S/C3H3N2O3/c6-5(7)4-2-1-3-8-4/h1-3H. The maximum atomic E-state index is 9.74. The fourth-order valence-electron chi connectivity index (χ4n) is 0.334. The third kappa shape index (κ3) is 0.760. The second-order valence-electron chi connectivity index (χ2n) is 1.12. The molecule has 5 nitrogen and oxygen atoms in total. The molecule has 0 aliphatic carbocycles. The number of hydrogen-bond acceptors (Lipinski definition) is 3. The van der Waals surface area contributed by atoms with E-state index in [9.17, 15) is 10.1 Å². The summed E-state index contributed by atoms with van der Waals surface area (Å²) in [5, 5.41) is 9.58. The first kappa shape index (κ1) is 5.04. The molecular formula is C3H3N2O3. The van der Waals surface area contributed by atoms with E-state index < -0.39 is 5.03 Å². The minimum Gasteiger partial charge on any atom is -0.232 e. The van der Waals surface area contributed by atoms with Crippen molar-refractivity contribution in [3.8, 4) is 0 Å². The molecule has 1 aliphatic heterocycles. The third-order valence-corrected chi connectivity index (χ3v) is 0.622. The van der Waals surface area contributed by atoms with Crippen molar-refractivity contribution in [1.29, 1.82) is 0 Å². The highest BCUT2D eigenvalue weighted by molar-refractivity contribution is 4.89. The molecule has 0 N–H and O–H groups in total. The molecule has 0 amide bonds. The van der Waals surface area contributed by atoms with Gasteiger partial charge < -0.3 is 0 Å². The van der Waals surface area contributed by atoms with Crippen molar-refractivity contribution in [3.63, 3.8) is 0 Å². The molecule has 0 bridgehead atoms. The van der Waals surface area contributed by atoms with Crippen LogP contribution in [0.2, 0.25) is 0 Å². The lowest BCUT2D eigenvalue weighted by atomic mass is 10.7. The Labute approximate surface area is 45.2 Å². The van der Waals surface area contributed by atoms with Crippen molar-refractivity contribution in [2.45, 2.75) is 0 Å². The number of nitro groups is 1. The van der Waals surface area contributed by atoms with Gasteiger partial charge in [0.1, 0.15) is 12.8 Å². The molecular weight excluding hydrogens is 112 g/mol. The summed E-state index contributed by atoms with van der Waals surface area (Å²) >= 11 is 0. The lowest BCUT2D eigenvalue weighted by Gasteiger charge is -1.98. The Kier molecular flexibility index (Phi) is 1.13. The first-order valence-corrected chi connectivity index (χ1v) is 1.91. The van der Waals surface area contributed by atoms with Crippen molar-refractivity contribution in [2.24, 2.45) is 0 Å². The van der Waals surface area contributed by atoms with Gasteiger partial charge in [-0.2, -0.15) is 0 Å². The van der Waals surface area contributed by atoms with Crippen LogP contribution in [0.25, 0.3) is 0 Å². The Balaban J connectivity index is 2.48. The van der Waals surface area contributed by atoms with Gasteiger partial charge >= 0.3 is 0 Å². The Morgan fingerprint density at radius 1 is 1.75 bits per heavy atom. The average molecular weight is 115 g/mol. The monoisotopic (exact) mass is 115 g/mol. The van der Waals surface area contributed by atoms with Crippen LogP contribution in [0, 0.1) is 16.7 Å². The summed E-state index contributed by atoms with van der Waals surface area (Å²) in [7, 11) is 0. The number of hydroxylamine groups is 1. The van der Waals surface area contributed by atoms with Crippen LogP contribution in [0.1, 0.15) is 0 Å². The highest BCUT2D eigenvalue weighted by atomic mass is 16.8. The number of hydrazine groups is 1. The zero-order valence-corrected chi connectivity index (χ0v) is 3.85. The quantitative estimate of drug-likeness (QED) is 0.359. The summed E-state index contributed by atoms with van der Waals surface area (Å²) in [5.74, 6) is 0. The fourth-order valence-corrected chi connectivity index (χ4v) is 0.334. The summed E-state index contributed by atoms with van der Waals surface area (Å²) in [6.45, 7) is 1.23. The third-order valence-electron chi connectivity index (χ3n) is 0.622. The molecule has 0 atom stereocenters. The number of hydrogen-bond donors (Lipinski definition) is 0. The number of rotatable bonds is 1. The molecule has 5 heteroatoms. The molecule has 0 fully saturated rings. The first-order chi connectivity index (χ1) is 3.80. The van der Waals surface area contributed by atoms with Crippen LogP contribution in [0.15, 0.2) is 12.3 Å². The Bertz CT molecular complexity index is 132. The zero-order valence-electron chi connectivity index (χ0n) is 3.85. The number of nitrogens with zero attached hydrogens (tertiary/aromatic N) is 2. The van der Waals surface area contributed by atoms with Gasteiger partial charge in [0.2, 0.25) is 0 Å². The van der Waals surface area contributed by atoms with E-state index in [1.54, 1.807) is 0 Å². The van der Waals surface area contributed by atoms with E-state index in [4.69, 9.17) is 0 Å². The highest BCUT2D eigenvalue weighted by Gasteiger charge is 2.14.